The summed E-state index contributed by atoms with van der Waals surface area (Å²) in [6, 6.07) is 5.28. The molecule has 0 saturated carbocycles. The summed E-state index contributed by atoms with van der Waals surface area (Å²) in [7, 11) is 1.63. The molecule has 32 heavy (non-hydrogen) atoms. The zero-order valence-electron chi connectivity index (χ0n) is 19.2. The molecule has 8 heteroatoms. The maximum Gasteiger partial charge on any atom is 0.267 e. The van der Waals surface area contributed by atoms with E-state index in [9.17, 15) is 9.59 Å². The van der Waals surface area contributed by atoms with E-state index >= 15 is 0 Å². The summed E-state index contributed by atoms with van der Waals surface area (Å²) in [6.45, 7) is 8.48. The van der Waals surface area contributed by atoms with Gasteiger partial charge in [0.2, 0.25) is 0 Å². The number of nitrogens with one attached hydrogen (secondary N) is 1. The van der Waals surface area contributed by atoms with Crippen LogP contribution in [-0.4, -0.2) is 51.6 Å². The highest BCUT2D eigenvalue weighted by Crippen LogP contribution is 2.22. The number of nitrogens with zero attached hydrogens (tertiary/aromatic N) is 4. The molecule has 1 amide bonds. The summed E-state index contributed by atoms with van der Waals surface area (Å²) in [6.07, 6.45) is 3.42. The smallest absolute Gasteiger partial charge is 0.267 e. The van der Waals surface area contributed by atoms with Gasteiger partial charge in [-0.1, -0.05) is 19.9 Å². The Morgan fingerprint density at radius 3 is 2.66 bits per heavy atom. The van der Waals surface area contributed by atoms with Crippen LogP contribution in [-0.2, 0) is 11.3 Å². The van der Waals surface area contributed by atoms with Crippen LogP contribution < -0.4 is 11.0 Å². The number of rotatable bonds is 5. The van der Waals surface area contributed by atoms with E-state index in [1.807, 2.05) is 24.0 Å². The van der Waals surface area contributed by atoms with Gasteiger partial charge in [0.25, 0.3) is 11.5 Å². The van der Waals surface area contributed by atoms with Crippen LogP contribution in [0.15, 0.2) is 29.2 Å². The highest BCUT2D eigenvalue weighted by molar-refractivity contribution is 5.97. The minimum Gasteiger partial charge on any atom is -0.385 e. The van der Waals surface area contributed by atoms with Gasteiger partial charge in [-0.3, -0.25) is 19.4 Å². The van der Waals surface area contributed by atoms with Crippen molar-refractivity contribution in [1.82, 2.24) is 18.9 Å². The normalized spacial score (nSPS) is 19.1. The van der Waals surface area contributed by atoms with Crippen molar-refractivity contribution in [1.29, 1.82) is 5.41 Å². The standard InChI is InChI=1S/C24H31N5O3/c1-15-11-16(2)14-27(13-15)23(30)18-12-19-22(28(20(18)25)9-6-10-32-4)26-21-17(3)7-5-8-29(21)24(19)31/h5,7-8,12,15-16,25H,6,9-11,13-14H2,1-4H3. The van der Waals surface area contributed by atoms with Gasteiger partial charge in [-0.25, -0.2) is 4.98 Å². The molecule has 1 aliphatic rings. The molecule has 3 aromatic rings. The molecule has 4 heterocycles. The van der Waals surface area contributed by atoms with E-state index in [-0.39, 0.29) is 22.5 Å². The first-order valence-corrected chi connectivity index (χ1v) is 11.2. The van der Waals surface area contributed by atoms with Crippen LogP contribution in [0.3, 0.4) is 0 Å². The third-order valence-electron chi connectivity index (χ3n) is 6.25. The van der Waals surface area contributed by atoms with Crippen LogP contribution >= 0.6 is 0 Å². The molecule has 3 aromatic heterocycles. The first kappa shape index (κ1) is 22.2. The molecule has 1 fully saturated rings. The maximum absolute atomic E-state index is 13.5. The second-order valence-electron chi connectivity index (χ2n) is 9.10. The molecule has 0 spiro atoms. The van der Waals surface area contributed by atoms with Crippen LogP contribution in [0, 0.1) is 24.2 Å². The molecule has 1 saturated heterocycles. The van der Waals surface area contributed by atoms with E-state index in [2.05, 4.69) is 13.8 Å². The number of hydrogen-bond acceptors (Lipinski definition) is 5. The molecular formula is C24H31N5O3. The number of aromatic nitrogens is 3. The molecule has 0 aromatic carbocycles. The summed E-state index contributed by atoms with van der Waals surface area (Å²) in [5, 5.41) is 9.22. The van der Waals surface area contributed by atoms with Gasteiger partial charge in [0.1, 0.15) is 16.8 Å². The Labute approximate surface area is 187 Å². The summed E-state index contributed by atoms with van der Waals surface area (Å²) in [4.78, 5) is 33.5. The average Bonchev–Trinajstić information content (AvgIpc) is 2.75. The van der Waals surface area contributed by atoms with E-state index in [1.165, 1.54) is 4.40 Å². The fourth-order valence-corrected chi connectivity index (χ4v) is 4.84. The Kier molecular flexibility index (Phi) is 6.15. The van der Waals surface area contributed by atoms with Crippen LogP contribution in [0.4, 0.5) is 0 Å². The molecule has 4 rings (SSSR count). The Morgan fingerprint density at radius 2 is 1.97 bits per heavy atom. The summed E-state index contributed by atoms with van der Waals surface area (Å²) >= 11 is 0. The number of aryl methyl sites for hydroxylation is 2. The van der Waals surface area contributed by atoms with Crippen LogP contribution in [0.2, 0.25) is 0 Å². The van der Waals surface area contributed by atoms with Gasteiger partial charge in [0.15, 0.2) is 0 Å². The summed E-state index contributed by atoms with van der Waals surface area (Å²) in [5.74, 6) is 0.625. The van der Waals surface area contributed by atoms with Crippen molar-refractivity contribution in [2.24, 2.45) is 11.8 Å². The van der Waals surface area contributed by atoms with E-state index in [0.29, 0.717) is 61.2 Å². The molecule has 8 nitrogen and oxygen atoms in total. The van der Waals surface area contributed by atoms with Gasteiger partial charge in [-0.05, 0) is 49.3 Å². The van der Waals surface area contributed by atoms with E-state index in [0.717, 1.165) is 12.0 Å². The second-order valence-corrected chi connectivity index (χ2v) is 9.10. The number of amides is 1. The first-order chi connectivity index (χ1) is 15.3. The lowest BCUT2D eigenvalue weighted by atomic mass is 9.91. The topological polar surface area (TPSA) is 92.7 Å². The van der Waals surface area contributed by atoms with Crippen LogP contribution in [0.25, 0.3) is 16.7 Å². The number of fused-ring (bicyclic) bond motifs is 2. The van der Waals surface area contributed by atoms with Gasteiger partial charge < -0.3 is 14.2 Å². The molecule has 0 aliphatic carbocycles. The van der Waals surface area contributed by atoms with Crippen LogP contribution in [0.5, 0.6) is 0 Å². The number of piperidine rings is 1. The van der Waals surface area contributed by atoms with Crippen molar-refractivity contribution in [2.75, 3.05) is 26.8 Å². The lowest BCUT2D eigenvalue weighted by Gasteiger charge is -2.35. The Morgan fingerprint density at radius 1 is 1.25 bits per heavy atom. The molecule has 170 valence electrons. The van der Waals surface area contributed by atoms with Crippen molar-refractivity contribution in [2.45, 2.75) is 40.2 Å². The highest BCUT2D eigenvalue weighted by atomic mass is 16.5. The van der Waals surface area contributed by atoms with Crippen molar-refractivity contribution in [3.8, 4) is 0 Å². The van der Waals surface area contributed by atoms with Crippen molar-refractivity contribution in [3.05, 3.63) is 51.4 Å². The molecule has 0 bridgehead atoms. The number of ether oxygens (including phenoxy) is 1. The lowest BCUT2D eigenvalue weighted by Crippen LogP contribution is -2.45. The number of methoxy groups -OCH3 is 1. The minimum atomic E-state index is -0.233. The molecule has 1 N–H and O–H groups in total. The van der Waals surface area contributed by atoms with Crippen molar-refractivity contribution in [3.63, 3.8) is 0 Å². The third-order valence-corrected chi connectivity index (χ3v) is 6.25. The van der Waals surface area contributed by atoms with Crippen LogP contribution in [0.1, 0.15) is 42.6 Å². The predicted octanol–water partition coefficient (Wildman–Crippen LogP) is 2.59. The van der Waals surface area contributed by atoms with Crippen molar-refractivity contribution < 1.29 is 9.53 Å². The largest absolute Gasteiger partial charge is 0.385 e. The molecule has 1 aliphatic heterocycles. The van der Waals surface area contributed by atoms with Gasteiger partial charge >= 0.3 is 0 Å². The maximum atomic E-state index is 13.5. The van der Waals surface area contributed by atoms with Gasteiger partial charge in [-0.15, -0.1) is 0 Å². The SMILES string of the molecule is COCCCn1c(=N)c(C(=O)N2CC(C)CC(C)C2)cc2c(=O)n3cccc(C)c3nc21. The number of hydrogen-bond donors (Lipinski definition) is 1. The predicted molar refractivity (Wildman–Crippen MR) is 123 cm³/mol. The number of likely N-dealkylation sites (tertiary alicyclic amines) is 1. The zero-order chi connectivity index (χ0) is 23.0. The first-order valence-electron chi connectivity index (χ1n) is 11.2. The number of carbonyl (C=O) groups is 1. The summed E-state index contributed by atoms with van der Waals surface area (Å²) in [5.41, 5.74) is 1.98. The molecule has 2 unspecified atom stereocenters. The highest BCUT2D eigenvalue weighted by Gasteiger charge is 2.28. The quantitative estimate of drug-likeness (QED) is 0.491. The van der Waals surface area contributed by atoms with Crippen molar-refractivity contribution >= 4 is 22.6 Å². The Bertz CT molecular complexity index is 1280. The molecular weight excluding hydrogens is 406 g/mol. The van der Waals surface area contributed by atoms with Gasteiger partial charge in [0, 0.05) is 39.5 Å². The van der Waals surface area contributed by atoms with Gasteiger partial charge in [-0.2, -0.15) is 0 Å². The fourth-order valence-electron chi connectivity index (χ4n) is 4.84. The number of pyridine rings is 2. The lowest BCUT2D eigenvalue weighted by molar-refractivity contribution is 0.0620. The monoisotopic (exact) mass is 437 g/mol. The van der Waals surface area contributed by atoms with Gasteiger partial charge in [0.05, 0.1) is 10.9 Å². The van der Waals surface area contributed by atoms with E-state index in [4.69, 9.17) is 15.1 Å². The van der Waals surface area contributed by atoms with E-state index < -0.39 is 0 Å². The zero-order valence-corrected chi connectivity index (χ0v) is 19.2. The molecule has 0 radical (unpaired) electrons. The second kappa shape index (κ2) is 8.86. The Hall–Kier alpha value is -3.00. The Balaban J connectivity index is 1.94. The van der Waals surface area contributed by atoms with E-state index in [1.54, 1.807) is 23.9 Å². The average molecular weight is 438 g/mol. The molecule has 2 atom stereocenters. The summed E-state index contributed by atoms with van der Waals surface area (Å²) < 4.78 is 8.39. The minimum absolute atomic E-state index is 0.0920. The third kappa shape index (κ3) is 3.95. The fraction of sp³-hybridized carbons (Fsp3) is 0.500. The number of carbonyl (C=O) groups excluding carboxylic acids is 1.